The van der Waals surface area contributed by atoms with Crippen molar-refractivity contribution in [3.05, 3.63) is 0 Å². The predicted octanol–water partition coefficient (Wildman–Crippen LogP) is 9.51. The van der Waals surface area contributed by atoms with Crippen LogP contribution in [0.5, 0.6) is 0 Å². The van der Waals surface area contributed by atoms with Crippen molar-refractivity contribution in [2.45, 2.75) is 142 Å². The molecule has 0 aromatic heterocycles. The van der Waals surface area contributed by atoms with E-state index in [0.717, 1.165) is 0 Å². The van der Waals surface area contributed by atoms with Crippen molar-refractivity contribution in [1.82, 2.24) is 0 Å². The van der Waals surface area contributed by atoms with E-state index in [1.807, 2.05) is 0 Å². The summed E-state index contributed by atoms with van der Waals surface area (Å²) in [6, 6.07) is 0. The second-order valence-corrected chi connectivity index (χ2v) is 9.61. The highest BCUT2D eigenvalue weighted by molar-refractivity contribution is 7.37. The second-order valence-electron chi connectivity index (χ2n) is 8.11. The molecule has 0 saturated carbocycles. The molecule has 0 aliphatic heterocycles. The van der Waals surface area contributed by atoms with E-state index >= 15 is 0 Å². The van der Waals surface area contributed by atoms with Crippen LogP contribution in [0.15, 0.2) is 0 Å². The average Bonchev–Trinajstić information content (AvgIpc) is 2.63. The maximum atomic E-state index is 2.30. The lowest BCUT2D eigenvalue weighted by molar-refractivity contribution is 0.561. The summed E-state index contributed by atoms with van der Waals surface area (Å²) < 4.78 is 0. The molecule has 0 saturated heterocycles. The van der Waals surface area contributed by atoms with Gasteiger partial charge in [0.2, 0.25) is 0 Å². The van der Waals surface area contributed by atoms with Crippen molar-refractivity contribution in [3.8, 4) is 0 Å². The molecule has 0 atom stereocenters. The van der Waals surface area contributed by atoms with Crippen molar-refractivity contribution in [1.29, 1.82) is 0 Å². The minimum absolute atomic E-state index is 1.26. The molecule has 0 bridgehead atoms. The largest absolute Gasteiger partial charge is 0.122 e. The molecule has 0 unspecified atom stereocenters. The van der Waals surface area contributed by atoms with Gasteiger partial charge < -0.3 is 0 Å². The summed E-state index contributed by atoms with van der Waals surface area (Å²) in [5, 5.41) is 0. The van der Waals surface area contributed by atoms with Crippen molar-refractivity contribution >= 4 is 8.58 Å². The Balaban J connectivity index is 2.94. The first-order chi connectivity index (χ1) is 12.4. The molecule has 0 aromatic rings. The van der Waals surface area contributed by atoms with Gasteiger partial charge in [0.05, 0.1) is 0 Å². The SMILES string of the molecule is CCCCCCCCCCCCPCCCCCCCCCCCC. The molecule has 1 heteroatoms. The normalized spacial score (nSPS) is 11.3. The van der Waals surface area contributed by atoms with Crippen LogP contribution in [0, 0.1) is 0 Å². The molecule has 0 heterocycles. The molecule has 0 N–H and O–H groups in total. The molecular weight excluding hydrogens is 319 g/mol. The third-order valence-corrected chi connectivity index (χ3v) is 6.83. The Kier molecular flexibility index (Phi) is 24.9. The average molecular weight is 371 g/mol. The number of unbranched alkanes of at least 4 members (excludes halogenated alkanes) is 18. The van der Waals surface area contributed by atoms with Gasteiger partial charge in [-0.15, -0.1) is 8.58 Å². The predicted molar refractivity (Wildman–Crippen MR) is 122 cm³/mol. The van der Waals surface area contributed by atoms with Crippen LogP contribution in [0.4, 0.5) is 0 Å². The van der Waals surface area contributed by atoms with E-state index in [1.165, 1.54) is 149 Å². The summed E-state index contributed by atoms with van der Waals surface area (Å²) in [6.45, 7) is 4.61. The minimum atomic E-state index is 1.26. The lowest BCUT2D eigenvalue weighted by Gasteiger charge is -2.04. The van der Waals surface area contributed by atoms with Gasteiger partial charge in [0.15, 0.2) is 0 Å². The van der Waals surface area contributed by atoms with Crippen molar-refractivity contribution in [3.63, 3.8) is 0 Å². The van der Waals surface area contributed by atoms with Crippen LogP contribution in [0.2, 0.25) is 0 Å². The molecule has 0 fully saturated rings. The zero-order valence-electron chi connectivity index (χ0n) is 18.1. The molecule has 0 aliphatic rings. The van der Waals surface area contributed by atoms with Crippen LogP contribution >= 0.6 is 8.58 Å². The fourth-order valence-electron chi connectivity index (χ4n) is 3.60. The maximum Gasteiger partial charge on any atom is -0.0353 e. The Hall–Kier alpha value is 0.430. The van der Waals surface area contributed by atoms with E-state index in [-0.39, 0.29) is 0 Å². The van der Waals surface area contributed by atoms with Crippen molar-refractivity contribution < 1.29 is 0 Å². The van der Waals surface area contributed by atoms with E-state index in [1.54, 1.807) is 0 Å². The van der Waals surface area contributed by atoms with Gasteiger partial charge in [-0.3, -0.25) is 0 Å². The monoisotopic (exact) mass is 370 g/mol. The molecule has 0 spiro atoms. The molecule has 0 aliphatic carbocycles. The smallest absolute Gasteiger partial charge is 0.0353 e. The van der Waals surface area contributed by atoms with Gasteiger partial charge in [0, 0.05) is 0 Å². The van der Waals surface area contributed by atoms with Crippen molar-refractivity contribution in [2.24, 2.45) is 0 Å². The minimum Gasteiger partial charge on any atom is -0.122 e. The topological polar surface area (TPSA) is 0 Å². The van der Waals surface area contributed by atoms with E-state index in [2.05, 4.69) is 13.8 Å². The van der Waals surface area contributed by atoms with Crippen LogP contribution in [0.3, 0.4) is 0 Å². The second kappa shape index (κ2) is 24.4. The van der Waals surface area contributed by atoms with Crippen LogP contribution < -0.4 is 0 Å². The highest BCUT2D eigenvalue weighted by Gasteiger charge is 1.95. The zero-order valence-corrected chi connectivity index (χ0v) is 19.1. The Morgan fingerprint density at radius 1 is 0.320 bits per heavy atom. The third kappa shape index (κ3) is 24.4. The van der Waals surface area contributed by atoms with E-state index in [0.29, 0.717) is 0 Å². The summed E-state index contributed by atoms with van der Waals surface area (Å²) in [5.41, 5.74) is 0. The fourth-order valence-corrected chi connectivity index (χ4v) is 4.85. The van der Waals surface area contributed by atoms with Gasteiger partial charge in [-0.25, -0.2) is 0 Å². The Morgan fingerprint density at radius 3 is 0.840 bits per heavy atom. The number of rotatable bonds is 22. The zero-order chi connectivity index (χ0) is 18.3. The molecule has 0 amide bonds. The van der Waals surface area contributed by atoms with Gasteiger partial charge in [-0.1, -0.05) is 129 Å². The number of hydrogen-bond donors (Lipinski definition) is 0. The first kappa shape index (κ1) is 25.4. The highest BCUT2D eigenvalue weighted by atomic mass is 31.1. The van der Waals surface area contributed by atoms with Gasteiger partial charge >= 0.3 is 0 Å². The highest BCUT2D eigenvalue weighted by Crippen LogP contribution is 2.18. The van der Waals surface area contributed by atoms with Crippen LogP contribution in [-0.4, -0.2) is 12.3 Å². The molecule has 0 aromatic carbocycles. The Bertz CT molecular complexity index is 192. The first-order valence-corrected chi connectivity index (χ1v) is 13.5. The van der Waals surface area contributed by atoms with Crippen LogP contribution in [0.25, 0.3) is 0 Å². The van der Waals surface area contributed by atoms with Gasteiger partial charge in [0.1, 0.15) is 0 Å². The van der Waals surface area contributed by atoms with Gasteiger partial charge in [-0.2, -0.15) is 0 Å². The van der Waals surface area contributed by atoms with Gasteiger partial charge in [0.25, 0.3) is 0 Å². The first-order valence-electron chi connectivity index (χ1n) is 12.1. The third-order valence-electron chi connectivity index (χ3n) is 5.41. The number of hydrogen-bond acceptors (Lipinski definition) is 0. The summed E-state index contributed by atoms with van der Waals surface area (Å²) >= 11 is 0. The summed E-state index contributed by atoms with van der Waals surface area (Å²) in [5.74, 6) is 0. The van der Waals surface area contributed by atoms with Crippen molar-refractivity contribution in [2.75, 3.05) is 12.3 Å². The molecule has 152 valence electrons. The van der Waals surface area contributed by atoms with E-state index < -0.39 is 0 Å². The fraction of sp³-hybridized carbons (Fsp3) is 1.00. The van der Waals surface area contributed by atoms with E-state index in [4.69, 9.17) is 0 Å². The summed E-state index contributed by atoms with van der Waals surface area (Å²) in [7, 11) is 1.26. The maximum absolute atomic E-state index is 2.30. The van der Waals surface area contributed by atoms with E-state index in [9.17, 15) is 0 Å². The summed E-state index contributed by atoms with van der Waals surface area (Å²) in [4.78, 5) is 0. The lowest BCUT2D eigenvalue weighted by atomic mass is 10.1. The lowest BCUT2D eigenvalue weighted by Crippen LogP contribution is -1.85. The Morgan fingerprint density at radius 2 is 0.560 bits per heavy atom. The molecule has 25 heavy (non-hydrogen) atoms. The quantitative estimate of drug-likeness (QED) is 0.131. The van der Waals surface area contributed by atoms with Crippen LogP contribution in [0.1, 0.15) is 142 Å². The molecule has 0 radical (unpaired) electrons. The van der Waals surface area contributed by atoms with Gasteiger partial charge in [-0.05, 0) is 25.2 Å². The standard InChI is InChI=1S/C24H51P/c1-3-5-7-9-11-13-15-17-19-21-23-25-24-22-20-18-16-14-12-10-8-6-4-2/h25H,3-24H2,1-2H3. The molecule has 0 rings (SSSR count). The Labute approximate surface area is 163 Å². The summed E-state index contributed by atoms with van der Waals surface area (Å²) in [6.07, 6.45) is 32.5. The molecular formula is C24H51P. The van der Waals surface area contributed by atoms with Crippen LogP contribution in [-0.2, 0) is 0 Å². The molecule has 0 nitrogen and oxygen atoms in total.